The summed E-state index contributed by atoms with van der Waals surface area (Å²) in [6, 6.07) is 7.77. The molecule has 1 saturated heterocycles. The summed E-state index contributed by atoms with van der Waals surface area (Å²) in [5.41, 5.74) is 0.324. The molecule has 5 rings (SSSR count). The Labute approximate surface area is 185 Å². The van der Waals surface area contributed by atoms with Gasteiger partial charge in [-0.25, -0.2) is 0 Å². The van der Waals surface area contributed by atoms with Crippen molar-refractivity contribution in [1.29, 1.82) is 0 Å². The third kappa shape index (κ3) is 4.35. The highest BCUT2D eigenvalue weighted by molar-refractivity contribution is 7.99. The summed E-state index contributed by atoms with van der Waals surface area (Å²) in [7, 11) is 0. The summed E-state index contributed by atoms with van der Waals surface area (Å²) in [5, 5.41) is 11.9. The summed E-state index contributed by atoms with van der Waals surface area (Å²) in [6.07, 6.45) is 0.0998. The van der Waals surface area contributed by atoms with Gasteiger partial charge in [-0.05, 0) is 37.1 Å². The second kappa shape index (κ2) is 8.34. The average Bonchev–Trinajstić information content (AvgIpc) is 3.53. The van der Waals surface area contributed by atoms with E-state index in [1.165, 1.54) is 30.0 Å². The molecule has 1 aromatic carbocycles. The second-order valence-electron chi connectivity index (χ2n) is 7.31. The second-order valence-corrected chi connectivity index (χ2v) is 8.25. The molecule has 0 atom stereocenters. The molecule has 32 heavy (non-hydrogen) atoms. The summed E-state index contributed by atoms with van der Waals surface area (Å²) in [4.78, 5) is 14.6. The first-order valence-corrected chi connectivity index (χ1v) is 11.0. The minimum absolute atomic E-state index is 0.0564. The van der Waals surface area contributed by atoms with Gasteiger partial charge in [0.1, 0.15) is 5.76 Å². The molecule has 0 bridgehead atoms. The van der Waals surface area contributed by atoms with Crippen LogP contribution >= 0.6 is 11.8 Å². The first kappa shape index (κ1) is 20.6. The van der Waals surface area contributed by atoms with Crippen molar-refractivity contribution in [1.82, 2.24) is 14.8 Å². The van der Waals surface area contributed by atoms with Crippen LogP contribution in [0.25, 0.3) is 0 Å². The quantitative estimate of drug-likeness (QED) is 0.532. The highest BCUT2D eigenvalue weighted by Gasteiger charge is 2.43. The fourth-order valence-corrected chi connectivity index (χ4v) is 4.32. The van der Waals surface area contributed by atoms with Crippen LogP contribution in [0.1, 0.15) is 18.6 Å². The van der Waals surface area contributed by atoms with Crippen LogP contribution in [-0.2, 0) is 11.3 Å². The number of ether oxygens (including phenoxy) is 2. The smallest absolute Gasteiger partial charge is 0.467 e. The number of anilines is 2. The summed E-state index contributed by atoms with van der Waals surface area (Å²) < 4.78 is 42.5. The van der Waals surface area contributed by atoms with E-state index in [0.717, 1.165) is 37.6 Å². The van der Waals surface area contributed by atoms with Gasteiger partial charge >= 0.3 is 6.29 Å². The molecule has 12 heteroatoms. The molecule has 0 spiro atoms. The lowest BCUT2D eigenvalue weighted by atomic mass is 10.3. The van der Waals surface area contributed by atoms with E-state index in [-0.39, 0.29) is 23.2 Å². The predicted octanol–water partition coefficient (Wildman–Crippen LogP) is 3.57. The number of amides is 1. The molecule has 9 nitrogen and oxygen atoms in total. The molecule has 1 amide bonds. The Bertz CT molecular complexity index is 1120. The van der Waals surface area contributed by atoms with Crippen molar-refractivity contribution < 1.29 is 27.5 Å². The largest absolute Gasteiger partial charge is 0.586 e. The number of hydrogen-bond acceptors (Lipinski definition) is 8. The fourth-order valence-electron chi connectivity index (χ4n) is 3.59. The normalized spacial score (nSPS) is 16.5. The Hall–Kier alpha value is -3.28. The number of carbonyl (C=O) groups is 1. The molecule has 2 aliphatic rings. The topological polar surface area (TPSA) is 94.7 Å². The Balaban J connectivity index is 1.26. The van der Waals surface area contributed by atoms with E-state index in [2.05, 4.69) is 29.9 Å². The van der Waals surface area contributed by atoms with Crippen molar-refractivity contribution in [3.8, 4) is 11.5 Å². The number of aromatic nitrogens is 3. The van der Waals surface area contributed by atoms with Gasteiger partial charge in [-0.3, -0.25) is 9.36 Å². The number of alkyl halides is 2. The summed E-state index contributed by atoms with van der Waals surface area (Å²) >= 11 is 1.23. The molecule has 0 aliphatic carbocycles. The van der Waals surface area contributed by atoms with Gasteiger partial charge in [0.2, 0.25) is 11.9 Å². The highest BCUT2D eigenvalue weighted by atomic mass is 32.2. The van der Waals surface area contributed by atoms with Crippen LogP contribution in [0.3, 0.4) is 0 Å². The van der Waals surface area contributed by atoms with Crippen LogP contribution in [0.5, 0.6) is 11.5 Å². The van der Waals surface area contributed by atoms with E-state index in [9.17, 15) is 13.6 Å². The van der Waals surface area contributed by atoms with Crippen LogP contribution in [0.2, 0.25) is 0 Å². The van der Waals surface area contributed by atoms with Crippen LogP contribution in [0.15, 0.2) is 46.2 Å². The van der Waals surface area contributed by atoms with E-state index >= 15 is 0 Å². The highest BCUT2D eigenvalue weighted by Crippen LogP contribution is 2.42. The summed E-state index contributed by atoms with van der Waals surface area (Å²) in [6.45, 7) is 2.27. The summed E-state index contributed by atoms with van der Waals surface area (Å²) in [5.74, 6) is 1.03. The third-order valence-electron chi connectivity index (χ3n) is 5.00. The minimum Gasteiger partial charge on any atom is -0.467 e. The number of thioether (sulfide) groups is 1. The number of nitrogens with one attached hydrogen (secondary N) is 1. The van der Waals surface area contributed by atoms with Crippen LogP contribution in [0, 0.1) is 0 Å². The van der Waals surface area contributed by atoms with Gasteiger partial charge in [-0.2, -0.15) is 0 Å². The molecule has 4 heterocycles. The van der Waals surface area contributed by atoms with Crippen molar-refractivity contribution in [2.75, 3.05) is 29.1 Å². The van der Waals surface area contributed by atoms with Gasteiger partial charge in [0.25, 0.3) is 0 Å². The minimum atomic E-state index is -3.70. The lowest BCUT2D eigenvalue weighted by molar-refractivity contribution is -0.286. The Morgan fingerprint density at radius 3 is 2.75 bits per heavy atom. The molecular weight excluding hydrogens is 444 g/mol. The van der Waals surface area contributed by atoms with Gasteiger partial charge in [0, 0.05) is 24.8 Å². The van der Waals surface area contributed by atoms with Crippen molar-refractivity contribution in [3.05, 3.63) is 42.4 Å². The van der Waals surface area contributed by atoms with Gasteiger partial charge < -0.3 is 24.1 Å². The van der Waals surface area contributed by atoms with Crippen molar-refractivity contribution in [3.63, 3.8) is 0 Å². The number of rotatable bonds is 7. The average molecular weight is 463 g/mol. The van der Waals surface area contributed by atoms with E-state index in [1.54, 1.807) is 6.26 Å². The Morgan fingerprint density at radius 2 is 1.97 bits per heavy atom. The van der Waals surface area contributed by atoms with Crippen LogP contribution < -0.4 is 19.7 Å². The molecule has 1 fully saturated rings. The van der Waals surface area contributed by atoms with Gasteiger partial charge in [-0.1, -0.05) is 11.8 Å². The molecule has 1 N–H and O–H groups in total. The zero-order chi connectivity index (χ0) is 22.1. The monoisotopic (exact) mass is 463 g/mol. The number of benzene rings is 1. The van der Waals surface area contributed by atoms with Crippen LogP contribution in [0.4, 0.5) is 20.4 Å². The first-order chi connectivity index (χ1) is 15.5. The van der Waals surface area contributed by atoms with Crippen molar-refractivity contribution >= 4 is 29.3 Å². The van der Waals surface area contributed by atoms with Gasteiger partial charge in [0.05, 0.1) is 18.6 Å². The van der Waals surface area contributed by atoms with E-state index < -0.39 is 6.29 Å². The Kier molecular flexibility index (Phi) is 5.37. The van der Waals surface area contributed by atoms with Crippen molar-refractivity contribution in [2.24, 2.45) is 0 Å². The SMILES string of the molecule is O=C(CSc1nnc(N2CCCC2)n1Cc1ccco1)Nc1ccc2c(c1)OC(F)(F)O2. The number of fused-ring (bicyclic) bond motifs is 1. The number of hydrogen-bond donors (Lipinski definition) is 1. The zero-order valence-electron chi connectivity index (χ0n) is 16.8. The fraction of sp³-hybridized carbons (Fsp3) is 0.350. The maximum atomic E-state index is 13.2. The Morgan fingerprint density at radius 1 is 1.16 bits per heavy atom. The van der Waals surface area contributed by atoms with E-state index in [0.29, 0.717) is 17.4 Å². The number of halogens is 2. The lowest BCUT2D eigenvalue weighted by Gasteiger charge is -2.17. The zero-order valence-corrected chi connectivity index (χ0v) is 17.6. The van der Waals surface area contributed by atoms with Crippen molar-refractivity contribution in [2.45, 2.75) is 30.8 Å². The molecular formula is C20H19F2N5O4S. The third-order valence-corrected chi connectivity index (χ3v) is 5.96. The van der Waals surface area contributed by atoms with E-state index in [4.69, 9.17) is 4.42 Å². The van der Waals surface area contributed by atoms with E-state index in [1.807, 2.05) is 16.7 Å². The lowest BCUT2D eigenvalue weighted by Crippen LogP contribution is -2.25. The van der Waals surface area contributed by atoms with Gasteiger partial charge in [-0.15, -0.1) is 19.0 Å². The maximum absolute atomic E-state index is 13.2. The first-order valence-electron chi connectivity index (χ1n) is 10.00. The number of nitrogens with zero attached hydrogens (tertiary/aromatic N) is 4. The molecule has 3 aromatic rings. The predicted molar refractivity (Wildman–Crippen MR) is 111 cm³/mol. The molecule has 2 aromatic heterocycles. The molecule has 0 unspecified atom stereocenters. The molecule has 168 valence electrons. The standard InChI is InChI=1S/C20H19F2N5O4S/c21-20(22)30-15-6-5-13(10-16(15)31-20)23-17(28)12-32-19-25-24-18(26-7-1-2-8-26)27(19)11-14-4-3-9-29-14/h3-6,9-10H,1-2,7-8,11-12H2,(H,23,28). The molecule has 0 saturated carbocycles. The van der Waals surface area contributed by atoms with Gasteiger partial charge in [0.15, 0.2) is 16.7 Å². The maximum Gasteiger partial charge on any atom is 0.586 e. The number of carbonyl (C=O) groups excluding carboxylic acids is 1. The molecule has 2 aliphatic heterocycles. The number of furan rings is 1. The molecule has 0 radical (unpaired) electrons. The van der Waals surface area contributed by atoms with Crippen LogP contribution in [-0.4, -0.2) is 45.8 Å².